The molecule has 25 heavy (non-hydrogen) atoms. The van der Waals surface area contributed by atoms with Crippen molar-refractivity contribution in [3.05, 3.63) is 59.5 Å². The van der Waals surface area contributed by atoms with Crippen molar-refractivity contribution in [1.29, 1.82) is 0 Å². The van der Waals surface area contributed by atoms with E-state index in [-0.39, 0.29) is 0 Å². The molecule has 0 fully saturated rings. The van der Waals surface area contributed by atoms with E-state index in [2.05, 4.69) is 4.99 Å². The average molecular weight is 346 g/mol. The monoisotopic (exact) mass is 346 g/mol. The molecule has 3 nitrogen and oxygen atoms in total. The molecule has 1 aromatic heterocycles. The van der Waals surface area contributed by atoms with Gasteiger partial charge in [-0.05, 0) is 35.9 Å². The van der Waals surface area contributed by atoms with Gasteiger partial charge in [0, 0.05) is 17.2 Å². The maximum absolute atomic E-state index is 14.0. The van der Waals surface area contributed by atoms with Gasteiger partial charge in [0.25, 0.3) is 5.91 Å². The molecule has 0 N–H and O–H groups in total. The van der Waals surface area contributed by atoms with Gasteiger partial charge in [0.05, 0.1) is 17.6 Å². The standard InChI is InChI=1S/C18H10F4N2O/c19-13-7-11-8-15-17(25)23-5-6-24(15)16(11)14(9-13)10-1-3-12(4-2-10)18(20,21)22/h1-5,7-9H,6H2. The Balaban J connectivity index is 1.94. The molecule has 0 bridgehead atoms. The molecule has 0 spiro atoms. The maximum atomic E-state index is 14.0. The highest BCUT2D eigenvalue weighted by Crippen LogP contribution is 2.35. The molecule has 2 aromatic carbocycles. The Labute approximate surface area is 139 Å². The fraction of sp³-hybridized carbons (Fsp3) is 0.111. The number of aliphatic imine (C=N–C) groups is 1. The Morgan fingerprint density at radius 3 is 2.44 bits per heavy atom. The zero-order chi connectivity index (χ0) is 17.8. The van der Waals surface area contributed by atoms with Crippen molar-refractivity contribution in [2.75, 3.05) is 0 Å². The number of carbonyl (C=O) groups is 1. The first-order valence-electron chi connectivity index (χ1n) is 7.42. The Hall–Kier alpha value is -2.96. The summed E-state index contributed by atoms with van der Waals surface area (Å²) in [5.41, 5.74) is 1.02. The van der Waals surface area contributed by atoms with Crippen LogP contribution in [0.2, 0.25) is 0 Å². The number of benzene rings is 2. The van der Waals surface area contributed by atoms with Gasteiger partial charge in [-0.2, -0.15) is 13.2 Å². The zero-order valence-electron chi connectivity index (χ0n) is 12.6. The van der Waals surface area contributed by atoms with Crippen molar-refractivity contribution in [1.82, 2.24) is 4.57 Å². The first-order chi connectivity index (χ1) is 11.8. The number of rotatable bonds is 1. The van der Waals surface area contributed by atoms with E-state index in [4.69, 9.17) is 0 Å². The summed E-state index contributed by atoms with van der Waals surface area (Å²) in [5.74, 6) is -0.958. The maximum Gasteiger partial charge on any atom is 0.416 e. The molecule has 7 heteroatoms. The lowest BCUT2D eigenvalue weighted by Crippen LogP contribution is -2.14. The van der Waals surface area contributed by atoms with Crippen LogP contribution in [-0.2, 0) is 12.7 Å². The second-order valence-corrected chi connectivity index (χ2v) is 5.72. The van der Waals surface area contributed by atoms with Gasteiger partial charge in [-0.3, -0.25) is 4.79 Å². The summed E-state index contributed by atoms with van der Waals surface area (Å²) in [7, 11) is 0. The van der Waals surface area contributed by atoms with Gasteiger partial charge >= 0.3 is 6.18 Å². The van der Waals surface area contributed by atoms with Gasteiger partial charge in [-0.15, -0.1) is 0 Å². The summed E-state index contributed by atoms with van der Waals surface area (Å²) < 4.78 is 53.9. The lowest BCUT2D eigenvalue weighted by atomic mass is 10.0. The van der Waals surface area contributed by atoms with E-state index in [0.29, 0.717) is 34.3 Å². The molecule has 2 heterocycles. The topological polar surface area (TPSA) is 34.4 Å². The SMILES string of the molecule is O=C1N=CCn2c1cc1cc(F)cc(-c3ccc(C(F)(F)F)cc3)c12. The molecule has 1 aliphatic heterocycles. The first kappa shape index (κ1) is 15.6. The van der Waals surface area contributed by atoms with Crippen LogP contribution in [0.15, 0.2) is 47.5 Å². The van der Waals surface area contributed by atoms with Gasteiger partial charge in [-0.1, -0.05) is 12.1 Å². The summed E-state index contributed by atoms with van der Waals surface area (Å²) in [6.07, 6.45) is -2.98. The number of aromatic nitrogens is 1. The van der Waals surface area contributed by atoms with E-state index < -0.39 is 23.5 Å². The third kappa shape index (κ3) is 2.52. The van der Waals surface area contributed by atoms with Crippen LogP contribution in [0.3, 0.4) is 0 Å². The Kier molecular flexibility index (Phi) is 3.28. The van der Waals surface area contributed by atoms with Gasteiger partial charge in [0.2, 0.25) is 0 Å². The number of fused-ring (bicyclic) bond motifs is 3. The van der Waals surface area contributed by atoms with E-state index >= 15 is 0 Å². The Morgan fingerprint density at radius 2 is 1.76 bits per heavy atom. The summed E-state index contributed by atoms with van der Waals surface area (Å²) in [6.45, 7) is 0.337. The molecule has 0 unspecified atom stereocenters. The smallest absolute Gasteiger partial charge is 0.330 e. The molecule has 4 rings (SSSR count). The third-order valence-electron chi connectivity index (χ3n) is 4.17. The molecule has 0 atom stereocenters. The summed E-state index contributed by atoms with van der Waals surface area (Å²) >= 11 is 0. The number of carbonyl (C=O) groups excluding carboxylic acids is 1. The van der Waals surface area contributed by atoms with E-state index in [1.165, 1.54) is 30.5 Å². The highest BCUT2D eigenvalue weighted by molar-refractivity contribution is 6.07. The van der Waals surface area contributed by atoms with Crippen LogP contribution in [0, 0.1) is 5.82 Å². The summed E-state index contributed by atoms with van der Waals surface area (Å²) in [6, 6.07) is 8.61. The van der Waals surface area contributed by atoms with Crippen LogP contribution in [0.5, 0.6) is 0 Å². The minimum atomic E-state index is -4.44. The number of hydrogen-bond acceptors (Lipinski definition) is 1. The van der Waals surface area contributed by atoms with E-state index in [1.807, 2.05) is 0 Å². The summed E-state index contributed by atoms with van der Waals surface area (Å²) in [5, 5.41) is 0.503. The van der Waals surface area contributed by atoms with Crippen LogP contribution < -0.4 is 0 Å². The summed E-state index contributed by atoms with van der Waals surface area (Å²) in [4.78, 5) is 15.6. The van der Waals surface area contributed by atoms with Crippen molar-refractivity contribution in [2.24, 2.45) is 4.99 Å². The second-order valence-electron chi connectivity index (χ2n) is 5.72. The molecule has 1 amide bonds. The second kappa shape index (κ2) is 5.27. The molecule has 1 aliphatic rings. The predicted molar refractivity (Wildman–Crippen MR) is 85.2 cm³/mol. The number of amides is 1. The molecule has 0 radical (unpaired) electrons. The minimum absolute atomic E-state index is 0.330. The zero-order valence-corrected chi connectivity index (χ0v) is 12.6. The highest BCUT2D eigenvalue weighted by atomic mass is 19.4. The van der Waals surface area contributed by atoms with Crippen LogP contribution in [0.4, 0.5) is 17.6 Å². The van der Waals surface area contributed by atoms with Crippen molar-refractivity contribution in [3.63, 3.8) is 0 Å². The van der Waals surface area contributed by atoms with Gasteiger partial charge < -0.3 is 4.57 Å². The van der Waals surface area contributed by atoms with Crippen molar-refractivity contribution in [2.45, 2.75) is 12.7 Å². The largest absolute Gasteiger partial charge is 0.416 e. The van der Waals surface area contributed by atoms with E-state index in [9.17, 15) is 22.4 Å². The number of alkyl halides is 3. The molecule has 0 saturated heterocycles. The Bertz CT molecular complexity index is 1030. The van der Waals surface area contributed by atoms with Crippen LogP contribution in [-0.4, -0.2) is 16.7 Å². The number of halogens is 4. The average Bonchev–Trinajstić information content (AvgIpc) is 2.93. The van der Waals surface area contributed by atoms with E-state index in [1.54, 1.807) is 10.6 Å². The van der Waals surface area contributed by atoms with Crippen LogP contribution >= 0.6 is 0 Å². The Morgan fingerprint density at radius 1 is 1.04 bits per heavy atom. The van der Waals surface area contributed by atoms with Crippen molar-refractivity contribution >= 4 is 23.0 Å². The predicted octanol–water partition coefficient (Wildman–Crippen LogP) is 4.69. The third-order valence-corrected chi connectivity index (χ3v) is 4.17. The van der Waals surface area contributed by atoms with Crippen molar-refractivity contribution < 1.29 is 22.4 Å². The normalized spacial score (nSPS) is 14.2. The lowest BCUT2D eigenvalue weighted by molar-refractivity contribution is -0.137. The van der Waals surface area contributed by atoms with E-state index in [0.717, 1.165) is 12.1 Å². The fourth-order valence-corrected chi connectivity index (χ4v) is 3.07. The molecule has 0 saturated carbocycles. The number of nitrogens with zero attached hydrogens (tertiary/aromatic N) is 2. The fourth-order valence-electron chi connectivity index (χ4n) is 3.07. The van der Waals surface area contributed by atoms with Crippen LogP contribution in [0.1, 0.15) is 16.1 Å². The van der Waals surface area contributed by atoms with Crippen LogP contribution in [0.25, 0.3) is 22.0 Å². The lowest BCUT2D eigenvalue weighted by Gasteiger charge is -2.13. The minimum Gasteiger partial charge on any atom is -0.330 e. The highest BCUT2D eigenvalue weighted by Gasteiger charge is 2.30. The van der Waals surface area contributed by atoms with Gasteiger partial charge in [-0.25, -0.2) is 9.38 Å². The van der Waals surface area contributed by atoms with Gasteiger partial charge in [0.15, 0.2) is 0 Å². The molecule has 3 aromatic rings. The molecular weight excluding hydrogens is 336 g/mol. The quantitative estimate of drug-likeness (QED) is 0.589. The van der Waals surface area contributed by atoms with Gasteiger partial charge in [0.1, 0.15) is 11.5 Å². The molecule has 0 aliphatic carbocycles. The molecular formula is C18H10F4N2O. The molecule has 126 valence electrons. The first-order valence-corrected chi connectivity index (χ1v) is 7.42. The number of hydrogen-bond donors (Lipinski definition) is 0. The van der Waals surface area contributed by atoms with Crippen molar-refractivity contribution in [3.8, 4) is 11.1 Å².